The average Bonchev–Trinajstić information content (AvgIpc) is 2.45. The van der Waals surface area contributed by atoms with Crippen LogP contribution in [0.4, 0.5) is 5.69 Å². The first-order valence-electron chi connectivity index (χ1n) is 7.09. The third-order valence-corrected chi connectivity index (χ3v) is 4.10. The smallest absolute Gasteiger partial charge is 0.0443 e. The van der Waals surface area contributed by atoms with Crippen LogP contribution >= 0.6 is 11.8 Å². The van der Waals surface area contributed by atoms with Crippen molar-refractivity contribution in [2.75, 3.05) is 30.5 Å². The van der Waals surface area contributed by atoms with Crippen LogP contribution in [-0.4, -0.2) is 36.6 Å². The molecule has 1 heterocycles. The van der Waals surface area contributed by atoms with Crippen LogP contribution in [0.15, 0.2) is 18.5 Å². The zero-order valence-corrected chi connectivity index (χ0v) is 13.5. The summed E-state index contributed by atoms with van der Waals surface area (Å²) in [5.74, 6) is 1.16. The minimum Gasteiger partial charge on any atom is -0.370 e. The highest BCUT2D eigenvalue weighted by molar-refractivity contribution is 7.98. The van der Waals surface area contributed by atoms with Gasteiger partial charge in [0.05, 0.1) is 0 Å². The van der Waals surface area contributed by atoms with Crippen LogP contribution in [0.25, 0.3) is 0 Å². The van der Waals surface area contributed by atoms with Gasteiger partial charge < -0.3 is 10.2 Å². The van der Waals surface area contributed by atoms with E-state index in [-0.39, 0.29) is 0 Å². The van der Waals surface area contributed by atoms with E-state index in [0.29, 0.717) is 6.04 Å². The van der Waals surface area contributed by atoms with Gasteiger partial charge in [-0.15, -0.1) is 0 Å². The lowest BCUT2D eigenvalue weighted by molar-refractivity contribution is 0.651. The van der Waals surface area contributed by atoms with E-state index >= 15 is 0 Å². The monoisotopic (exact) mass is 281 g/mol. The molecule has 0 aliphatic carbocycles. The van der Waals surface area contributed by atoms with Crippen molar-refractivity contribution in [3.63, 3.8) is 0 Å². The van der Waals surface area contributed by atoms with Crippen molar-refractivity contribution in [1.82, 2.24) is 10.3 Å². The van der Waals surface area contributed by atoms with Crippen LogP contribution in [0.3, 0.4) is 0 Å². The molecule has 0 aliphatic heterocycles. The molecule has 1 aromatic heterocycles. The van der Waals surface area contributed by atoms with E-state index in [1.807, 2.05) is 24.2 Å². The molecule has 1 rings (SSSR count). The minimum atomic E-state index is 0.585. The highest BCUT2D eigenvalue weighted by Crippen LogP contribution is 2.22. The normalized spacial score (nSPS) is 12.4. The van der Waals surface area contributed by atoms with Crippen LogP contribution in [0.2, 0.25) is 0 Å². The van der Waals surface area contributed by atoms with Gasteiger partial charge in [-0.05, 0) is 31.7 Å². The van der Waals surface area contributed by atoms with Crippen molar-refractivity contribution >= 4 is 17.4 Å². The summed E-state index contributed by atoms with van der Waals surface area (Å²) in [6.07, 6.45) is 8.38. The Kier molecular flexibility index (Phi) is 7.91. The van der Waals surface area contributed by atoms with Crippen molar-refractivity contribution < 1.29 is 0 Å². The molecular formula is C15H27N3S. The fraction of sp³-hybridized carbons (Fsp3) is 0.667. The standard InChI is InChI=1S/C15H27N3S/c1-5-8-16-10-13-11-17-9-7-15(13)18(3)14(6-2)12-19-4/h7,9,11,14,16H,5-6,8,10,12H2,1-4H3. The lowest BCUT2D eigenvalue weighted by Crippen LogP contribution is -2.34. The van der Waals surface area contributed by atoms with Crippen molar-refractivity contribution in [2.45, 2.75) is 39.3 Å². The molecule has 1 aromatic rings. The lowest BCUT2D eigenvalue weighted by Gasteiger charge is -2.30. The number of anilines is 1. The molecule has 0 amide bonds. The summed E-state index contributed by atoms with van der Waals surface area (Å²) in [6, 6.07) is 2.72. The first-order chi connectivity index (χ1) is 9.24. The lowest BCUT2D eigenvalue weighted by atomic mass is 10.1. The molecule has 1 unspecified atom stereocenters. The second-order valence-electron chi connectivity index (χ2n) is 4.81. The highest BCUT2D eigenvalue weighted by atomic mass is 32.2. The van der Waals surface area contributed by atoms with E-state index in [2.05, 4.69) is 48.4 Å². The molecular weight excluding hydrogens is 254 g/mol. The summed E-state index contributed by atoms with van der Waals surface area (Å²) >= 11 is 1.91. The third-order valence-electron chi connectivity index (χ3n) is 3.38. The number of hydrogen-bond acceptors (Lipinski definition) is 4. The summed E-state index contributed by atoms with van der Waals surface area (Å²) in [5, 5.41) is 3.46. The molecule has 108 valence electrons. The van der Waals surface area contributed by atoms with E-state index in [1.165, 1.54) is 17.7 Å². The van der Waals surface area contributed by atoms with Crippen molar-refractivity contribution in [3.05, 3.63) is 24.0 Å². The minimum absolute atomic E-state index is 0.585. The van der Waals surface area contributed by atoms with Gasteiger partial charge in [-0.3, -0.25) is 4.98 Å². The van der Waals surface area contributed by atoms with Gasteiger partial charge in [-0.25, -0.2) is 0 Å². The molecule has 19 heavy (non-hydrogen) atoms. The second-order valence-corrected chi connectivity index (χ2v) is 5.72. The molecule has 0 aliphatic rings. The first kappa shape index (κ1) is 16.3. The Hall–Kier alpha value is -0.740. The van der Waals surface area contributed by atoms with E-state index in [4.69, 9.17) is 0 Å². The molecule has 0 saturated carbocycles. The largest absolute Gasteiger partial charge is 0.370 e. The van der Waals surface area contributed by atoms with E-state index in [1.54, 1.807) is 0 Å². The fourth-order valence-electron chi connectivity index (χ4n) is 2.19. The zero-order valence-electron chi connectivity index (χ0n) is 12.6. The molecule has 0 saturated heterocycles. The molecule has 0 aromatic carbocycles. The van der Waals surface area contributed by atoms with Gasteiger partial charge in [0.2, 0.25) is 0 Å². The van der Waals surface area contributed by atoms with Gasteiger partial charge in [0.15, 0.2) is 0 Å². The summed E-state index contributed by atoms with van der Waals surface area (Å²) in [7, 11) is 2.20. The number of hydrogen-bond donors (Lipinski definition) is 1. The average molecular weight is 281 g/mol. The topological polar surface area (TPSA) is 28.2 Å². The Morgan fingerprint density at radius 1 is 1.42 bits per heavy atom. The highest BCUT2D eigenvalue weighted by Gasteiger charge is 2.15. The second kappa shape index (κ2) is 9.21. The maximum absolute atomic E-state index is 4.27. The van der Waals surface area contributed by atoms with E-state index < -0.39 is 0 Å². The number of nitrogens with one attached hydrogen (secondary N) is 1. The number of rotatable bonds is 9. The molecule has 0 fully saturated rings. The third kappa shape index (κ3) is 5.03. The predicted octanol–water partition coefficient (Wildman–Crippen LogP) is 3.16. The van der Waals surface area contributed by atoms with Crippen LogP contribution in [0.1, 0.15) is 32.3 Å². The zero-order chi connectivity index (χ0) is 14.1. The van der Waals surface area contributed by atoms with Gasteiger partial charge in [-0.1, -0.05) is 13.8 Å². The van der Waals surface area contributed by atoms with Gasteiger partial charge in [0.25, 0.3) is 0 Å². The SMILES string of the molecule is CCCNCc1cnccc1N(C)C(CC)CSC. The fourth-order valence-corrected chi connectivity index (χ4v) is 3.04. The van der Waals surface area contributed by atoms with Gasteiger partial charge in [0.1, 0.15) is 0 Å². The van der Waals surface area contributed by atoms with Gasteiger partial charge in [-0.2, -0.15) is 11.8 Å². The molecule has 1 atom stereocenters. The van der Waals surface area contributed by atoms with Crippen LogP contribution in [0, 0.1) is 0 Å². The van der Waals surface area contributed by atoms with Crippen LogP contribution in [0.5, 0.6) is 0 Å². The predicted molar refractivity (Wildman–Crippen MR) is 87.1 cm³/mol. The Morgan fingerprint density at radius 2 is 2.21 bits per heavy atom. The Labute approximate surface area is 122 Å². The summed E-state index contributed by atoms with van der Waals surface area (Å²) in [4.78, 5) is 6.67. The summed E-state index contributed by atoms with van der Waals surface area (Å²) in [5.41, 5.74) is 2.59. The van der Waals surface area contributed by atoms with Crippen LogP contribution < -0.4 is 10.2 Å². The molecule has 3 nitrogen and oxygen atoms in total. The van der Waals surface area contributed by atoms with Crippen molar-refractivity contribution in [1.29, 1.82) is 0 Å². The Morgan fingerprint density at radius 3 is 2.84 bits per heavy atom. The Bertz CT molecular complexity index is 357. The van der Waals surface area contributed by atoms with Crippen molar-refractivity contribution in [2.24, 2.45) is 0 Å². The van der Waals surface area contributed by atoms with Crippen LogP contribution in [-0.2, 0) is 6.54 Å². The van der Waals surface area contributed by atoms with E-state index in [9.17, 15) is 0 Å². The maximum atomic E-state index is 4.27. The summed E-state index contributed by atoms with van der Waals surface area (Å²) < 4.78 is 0. The first-order valence-corrected chi connectivity index (χ1v) is 8.49. The molecule has 0 bridgehead atoms. The van der Waals surface area contributed by atoms with Gasteiger partial charge >= 0.3 is 0 Å². The quantitative estimate of drug-likeness (QED) is 0.704. The number of pyridine rings is 1. The maximum Gasteiger partial charge on any atom is 0.0443 e. The summed E-state index contributed by atoms with van der Waals surface area (Å²) in [6.45, 7) is 6.40. The molecule has 1 N–H and O–H groups in total. The number of nitrogens with zero attached hydrogens (tertiary/aromatic N) is 2. The molecule has 0 radical (unpaired) electrons. The molecule has 4 heteroatoms. The number of thioether (sulfide) groups is 1. The van der Waals surface area contributed by atoms with E-state index in [0.717, 1.165) is 25.3 Å². The molecule has 0 spiro atoms. The Balaban J connectivity index is 2.79. The van der Waals surface area contributed by atoms with Crippen molar-refractivity contribution in [3.8, 4) is 0 Å². The van der Waals surface area contributed by atoms with Gasteiger partial charge in [0, 0.05) is 49.0 Å². The number of aromatic nitrogens is 1.